The molecule has 146 valence electrons. The molecule has 1 aromatic rings. The number of nitrogens with one attached hydrogen (secondary N) is 1. The van der Waals surface area contributed by atoms with Gasteiger partial charge in [-0.15, -0.1) is 0 Å². The van der Waals surface area contributed by atoms with Crippen LogP contribution in [-0.2, 0) is 26.2 Å². The number of hydrogen-bond donors (Lipinski definition) is 1. The van der Waals surface area contributed by atoms with Crippen LogP contribution in [0.15, 0.2) is 18.7 Å². The highest BCUT2D eigenvalue weighted by Gasteiger charge is 2.49. The monoisotopic (exact) mass is 385 g/mol. The van der Waals surface area contributed by atoms with Gasteiger partial charge in [0.1, 0.15) is 5.54 Å². The van der Waals surface area contributed by atoms with Crippen LogP contribution in [0.25, 0.3) is 0 Å². The van der Waals surface area contributed by atoms with Crippen LogP contribution in [0, 0.1) is 0 Å². The molecule has 2 amide bonds. The lowest BCUT2D eigenvalue weighted by Gasteiger charge is -2.46. The van der Waals surface area contributed by atoms with Gasteiger partial charge in [0.05, 0.1) is 19.1 Å². The zero-order chi connectivity index (χ0) is 19.5. The van der Waals surface area contributed by atoms with E-state index in [2.05, 4.69) is 10.3 Å². The van der Waals surface area contributed by atoms with Gasteiger partial charge in [0.2, 0.25) is 21.8 Å². The van der Waals surface area contributed by atoms with Crippen LogP contribution >= 0.6 is 0 Å². The predicted octanol–water partition coefficient (Wildman–Crippen LogP) is -0.340. The minimum atomic E-state index is -3.58. The normalized spacial score (nSPS) is 22.0. The summed E-state index contributed by atoms with van der Waals surface area (Å²) in [6.45, 7) is 5.98. The van der Waals surface area contributed by atoms with Gasteiger partial charge in [0, 0.05) is 38.1 Å². The number of carbonyl (C=O) groups is 2. The van der Waals surface area contributed by atoms with E-state index < -0.39 is 15.6 Å². The molecule has 2 rings (SSSR count). The molecule has 0 spiro atoms. The van der Waals surface area contributed by atoms with Gasteiger partial charge in [-0.3, -0.25) is 9.59 Å². The number of amides is 2. The molecule has 0 aliphatic carbocycles. The van der Waals surface area contributed by atoms with Crippen LogP contribution in [0.1, 0.15) is 27.2 Å². The van der Waals surface area contributed by atoms with E-state index in [-0.39, 0.29) is 30.9 Å². The number of carbonyl (C=O) groups excluding carboxylic acids is 2. The van der Waals surface area contributed by atoms with E-state index in [1.165, 1.54) is 4.90 Å². The molecule has 26 heavy (non-hydrogen) atoms. The number of hydrogen-bond acceptors (Lipinski definition) is 5. The summed E-state index contributed by atoms with van der Waals surface area (Å²) in [6.07, 6.45) is 6.87. The van der Waals surface area contributed by atoms with Gasteiger partial charge in [-0.05, 0) is 27.2 Å². The van der Waals surface area contributed by atoms with E-state index in [0.717, 1.165) is 10.6 Å². The zero-order valence-corrected chi connectivity index (χ0v) is 16.5. The SMILES string of the molecule is CC(C)NC(=O)C1(C)CN(S(C)(=O)=O)CC(=O)N1CCCn1ccnc1. The molecule has 0 bridgehead atoms. The fourth-order valence-electron chi connectivity index (χ4n) is 3.04. The topological polar surface area (TPSA) is 105 Å². The van der Waals surface area contributed by atoms with Gasteiger partial charge < -0.3 is 14.8 Å². The second-order valence-electron chi connectivity index (χ2n) is 7.13. The quantitative estimate of drug-likeness (QED) is 0.691. The van der Waals surface area contributed by atoms with Crippen molar-refractivity contribution >= 4 is 21.8 Å². The maximum Gasteiger partial charge on any atom is 0.247 e. The van der Waals surface area contributed by atoms with Crippen LogP contribution in [0.2, 0.25) is 0 Å². The molecule has 1 atom stereocenters. The van der Waals surface area contributed by atoms with E-state index in [1.54, 1.807) is 19.4 Å². The molecule has 1 unspecified atom stereocenters. The summed E-state index contributed by atoms with van der Waals surface area (Å²) in [5.74, 6) is -0.717. The van der Waals surface area contributed by atoms with Gasteiger partial charge in [-0.25, -0.2) is 13.4 Å². The summed E-state index contributed by atoms with van der Waals surface area (Å²) in [4.78, 5) is 31.0. The number of imidazole rings is 1. The van der Waals surface area contributed by atoms with Gasteiger partial charge in [0.25, 0.3) is 0 Å². The predicted molar refractivity (Wildman–Crippen MR) is 96.7 cm³/mol. The Labute approximate surface area is 154 Å². The Bertz CT molecular complexity index is 747. The molecule has 1 saturated heterocycles. The Hall–Kier alpha value is -1.94. The largest absolute Gasteiger partial charge is 0.352 e. The second kappa shape index (κ2) is 7.75. The van der Waals surface area contributed by atoms with Crippen LogP contribution in [-0.4, -0.2) is 76.5 Å². The summed E-state index contributed by atoms with van der Waals surface area (Å²) >= 11 is 0. The van der Waals surface area contributed by atoms with E-state index >= 15 is 0 Å². The molecule has 0 aromatic carbocycles. The Balaban J connectivity index is 2.20. The highest BCUT2D eigenvalue weighted by Crippen LogP contribution is 2.25. The van der Waals surface area contributed by atoms with Crippen molar-refractivity contribution in [3.63, 3.8) is 0 Å². The van der Waals surface area contributed by atoms with Crippen LogP contribution in [0.4, 0.5) is 0 Å². The van der Waals surface area contributed by atoms with E-state index in [1.807, 2.05) is 24.6 Å². The Kier molecular flexibility index (Phi) is 6.07. The smallest absolute Gasteiger partial charge is 0.247 e. The van der Waals surface area contributed by atoms with Crippen molar-refractivity contribution in [3.05, 3.63) is 18.7 Å². The van der Waals surface area contributed by atoms with Crippen LogP contribution in [0.3, 0.4) is 0 Å². The highest BCUT2D eigenvalue weighted by molar-refractivity contribution is 7.88. The first-order valence-electron chi connectivity index (χ1n) is 8.56. The van der Waals surface area contributed by atoms with Crippen LogP contribution < -0.4 is 5.32 Å². The van der Waals surface area contributed by atoms with Crippen LogP contribution in [0.5, 0.6) is 0 Å². The molecule has 1 fully saturated rings. The second-order valence-corrected chi connectivity index (χ2v) is 9.11. The summed E-state index contributed by atoms with van der Waals surface area (Å²) in [5, 5.41) is 2.81. The number of piperazine rings is 1. The lowest BCUT2D eigenvalue weighted by Crippen LogP contribution is -2.70. The van der Waals surface area contributed by atoms with Gasteiger partial charge in [-0.2, -0.15) is 4.31 Å². The molecule has 10 heteroatoms. The summed E-state index contributed by atoms with van der Waals surface area (Å²) in [5.41, 5.74) is -1.25. The Morgan fingerprint density at radius 3 is 2.62 bits per heavy atom. The van der Waals surface area contributed by atoms with E-state index in [4.69, 9.17) is 0 Å². The molecule has 0 saturated carbocycles. The fourth-order valence-corrected chi connectivity index (χ4v) is 3.88. The third kappa shape index (κ3) is 4.61. The lowest BCUT2D eigenvalue weighted by molar-refractivity contribution is -0.153. The van der Waals surface area contributed by atoms with Crippen molar-refractivity contribution in [2.24, 2.45) is 0 Å². The number of sulfonamides is 1. The molecule has 0 radical (unpaired) electrons. The summed E-state index contributed by atoms with van der Waals surface area (Å²) < 4.78 is 26.9. The van der Waals surface area contributed by atoms with Crippen molar-refractivity contribution < 1.29 is 18.0 Å². The first-order chi connectivity index (χ1) is 12.0. The third-order valence-corrected chi connectivity index (χ3v) is 5.62. The molecular weight excluding hydrogens is 358 g/mol. The highest BCUT2D eigenvalue weighted by atomic mass is 32.2. The summed E-state index contributed by atoms with van der Waals surface area (Å²) in [7, 11) is -3.58. The van der Waals surface area contributed by atoms with E-state index in [0.29, 0.717) is 19.5 Å². The van der Waals surface area contributed by atoms with E-state index in [9.17, 15) is 18.0 Å². The molecular formula is C16H27N5O4S. The van der Waals surface area contributed by atoms with Crippen molar-refractivity contribution in [2.75, 3.05) is 25.9 Å². The number of nitrogens with zero attached hydrogens (tertiary/aromatic N) is 4. The Morgan fingerprint density at radius 1 is 1.38 bits per heavy atom. The van der Waals surface area contributed by atoms with Gasteiger partial charge in [-0.1, -0.05) is 0 Å². The first kappa shape index (κ1) is 20.4. The Morgan fingerprint density at radius 2 is 2.08 bits per heavy atom. The minimum absolute atomic E-state index is 0.0544. The number of rotatable bonds is 7. The van der Waals surface area contributed by atoms with Gasteiger partial charge >= 0.3 is 0 Å². The number of aromatic nitrogens is 2. The zero-order valence-electron chi connectivity index (χ0n) is 15.7. The maximum atomic E-state index is 12.8. The molecule has 9 nitrogen and oxygen atoms in total. The first-order valence-corrected chi connectivity index (χ1v) is 10.4. The maximum absolute atomic E-state index is 12.8. The number of aryl methyl sites for hydroxylation is 1. The average Bonchev–Trinajstić information content (AvgIpc) is 3.01. The molecule has 2 heterocycles. The molecule has 1 aliphatic heterocycles. The van der Waals surface area contributed by atoms with Crippen molar-refractivity contribution in [1.82, 2.24) is 24.1 Å². The van der Waals surface area contributed by atoms with Gasteiger partial charge in [0.15, 0.2) is 0 Å². The van der Waals surface area contributed by atoms with Crippen molar-refractivity contribution in [1.29, 1.82) is 0 Å². The molecule has 1 aliphatic rings. The standard InChI is InChI=1S/C16H27N5O4S/c1-13(2)18-15(23)16(3)11-20(26(4,24)25)10-14(22)21(16)8-5-7-19-9-6-17-12-19/h6,9,12-13H,5,7-8,10-11H2,1-4H3,(H,18,23). The minimum Gasteiger partial charge on any atom is -0.352 e. The lowest BCUT2D eigenvalue weighted by atomic mass is 9.94. The fraction of sp³-hybridized carbons (Fsp3) is 0.688. The van der Waals surface area contributed by atoms with Crippen molar-refractivity contribution in [2.45, 2.75) is 45.3 Å². The summed E-state index contributed by atoms with van der Waals surface area (Å²) in [6, 6.07) is -0.115. The molecule has 1 aromatic heterocycles. The average molecular weight is 385 g/mol. The third-order valence-electron chi connectivity index (χ3n) is 4.43. The van der Waals surface area contributed by atoms with Crippen molar-refractivity contribution in [3.8, 4) is 0 Å². The molecule has 1 N–H and O–H groups in total.